The van der Waals surface area contributed by atoms with Crippen LogP contribution in [0.15, 0.2) is 35.7 Å². The second kappa shape index (κ2) is 6.79. The predicted octanol–water partition coefficient (Wildman–Crippen LogP) is 1.51. The van der Waals surface area contributed by atoms with Crippen molar-refractivity contribution in [1.82, 2.24) is 14.8 Å². The third-order valence-corrected chi connectivity index (χ3v) is 5.45. The topological polar surface area (TPSA) is 111 Å². The average Bonchev–Trinajstić information content (AvgIpc) is 3.06. The van der Waals surface area contributed by atoms with Crippen molar-refractivity contribution < 1.29 is 13.3 Å². The fourth-order valence-electron chi connectivity index (χ4n) is 3.17. The van der Waals surface area contributed by atoms with Gasteiger partial charge in [-0.3, -0.25) is 14.8 Å². The fraction of sp³-hybridized carbons (Fsp3) is 0.467. The Hall–Kier alpha value is -2.49. The molecule has 1 aliphatic heterocycles. The lowest BCUT2D eigenvalue weighted by Gasteiger charge is -2.34. The van der Waals surface area contributed by atoms with Crippen LogP contribution in [0.5, 0.6) is 0 Å². The van der Waals surface area contributed by atoms with Gasteiger partial charge in [-0.15, -0.1) is 0 Å². The van der Waals surface area contributed by atoms with Crippen molar-refractivity contribution in [1.29, 1.82) is 0 Å². The smallest absolute Gasteiger partial charge is 0.293 e. The van der Waals surface area contributed by atoms with Gasteiger partial charge in [-0.1, -0.05) is 0 Å². The summed E-state index contributed by atoms with van der Waals surface area (Å²) in [5.74, 6) is 0.296. The zero-order chi connectivity index (χ0) is 18.0. The molecule has 134 valence electrons. The lowest BCUT2D eigenvalue weighted by atomic mass is 9.97. The molecule has 0 N–H and O–H groups in total. The lowest BCUT2D eigenvalue weighted by Crippen LogP contribution is -2.37. The van der Waals surface area contributed by atoms with Crippen LogP contribution in [0, 0.1) is 16.0 Å². The molecular formula is C15H19N5O4S. The molecule has 0 spiro atoms. The van der Waals surface area contributed by atoms with Crippen molar-refractivity contribution >= 4 is 21.2 Å². The van der Waals surface area contributed by atoms with Gasteiger partial charge in [-0.25, -0.2) is 13.4 Å². The Morgan fingerprint density at radius 1 is 1.40 bits per heavy atom. The van der Waals surface area contributed by atoms with Gasteiger partial charge in [0.05, 0.1) is 9.82 Å². The molecule has 3 rings (SSSR count). The molecule has 1 aliphatic rings. The van der Waals surface area contributed by atoms with Gasteiger partial charge < -0.3 is 4.90 Å². The van der Waals surface area contributed by atoms with Crippen LogP contribution in [-0.2, 0) is 16.4 Å². The molecule has 0 saturated carbocycles. The van der Waals surface area contributed by atoms with Crippen LogP contribution in [0.3, 0.4) is 0 Å². The summed E-state index contributed by atoms with van der Waals surface area (Å²) in [7, 11) is -3.49. The number of piperidine rings is 1. The van der Waals surface area contributed by atoms with Gasteiger partial charge in [-0.2, -0.15) is 5.10 Å². The summed E-state index contributed by atoms with van der Waals surface area (Å²) in [6, 6.07) is 4.11. The van der Waals surface area contributed by atoms with E-state index in [1.165, 1.54) is 18.5 Å². The number of anilines is 1. The number of hydrogen-bond acceptors (Lipinski definition) is 7. The molecule has 10 heteroatoms. The van der Waals surface area contributed by atoms with Crippen LogP contribution in [-0.4, -0.2) is 47.5 Å². The summed E-state index contributed by atoms with van der Waals surface area (Å²) in [6.45, 7) is 2.05. The van der Waals surface area contributed by atoms with E-state index in [0.29, 0.717) is 31.2 Å². The van der Waals surface area contributed by atoms with Gasteiger partial charge >= 0.3 is 0 Å². The first-order valence-electron chi connectivity index (χ1n) is 7.90. The number of hydrogen-bond donors (Lipinski definition) is 0. The Bertz CT molecular complexity index is 866. The van der Waals surface area contributed by atoms with Crippen LogP contribution in [0.2, 0.25) is 0 Å². The van der Waals surface area contributed by atoms with Crippen LogP contribution in [0.1, 0.15) is 12.8 Å². The number of sulfone groups is 1. The summed E-state index contributed by atoms with van der Waals surface area (Å²) in [4.78, 5) is 16.8. The highest BCUT2D eigenvalue weighted by atomic mass is 32.2. The third-order valence-electron chi connectivity index (χ3n) is 4.34. The number of rotatable bonds is 5. The van der Waals surface area contributed by atoms with Gasteiger partial charge in [0, 0.05) is 32.0 Å². The molecule has 1 unspecified atom stereocenters. The first-order valence-corrected chi connectivity index (χ1v) is 9.79. The predicted molar refractivity (Wildman–Crippen MR) is 91.2 cm³/mol. The maximum Gasteiger partial charge on any atom is 0.293 e. The van der Waals surface area contributed by atoms with E-state index in [0.717, 1.165) is 25.2 Å². The summed E-state index contributed by atoms with van der Waals surface area (Å²) >= 11 is 0. The van der Waals surface area contributed by atoms with E-state index in [-0.39, 0.29) is 10.6 Å². The maximum atomic E-state index is 11.7. The van der Waals surface area contributed by atoms with Gasteiger partial charge in [0.2, 0.25) is 0 Å². The van der Waals surface area contributed by atoms with Gasteiger partial charge in [0.15, 0.2) is 9.84 Å². The largest absolute Gasteiger partial charge is 0.366 e. The van der Waals surface area contributed by atoms with Crippen molar-refractivity contribution in [3.05, 3.63) is 41.0 Å². The van der Waals surface area contributed by atoms with Crippen LogP contribution in [0.25, 0.3) is 0 Å². The molecule has 1 atom stereocenters. The Balaban J connectivity index is 1.86. The summed E-state index contributed by atoms with van der Waals surface area (Å²) < 4.78 is 25.1. The zero-order valence-corrected chi connectivity index (χ0v) is 14.6. The van der Waals surface area contributed by atoms with Crippen molar-refractivity contribution in [2.75, 3.05) is 24.2 Å². The Morgan fingerprint density at radius 2 is 2.20 bits per heavy atom. The van der Waals surface area contributed by atoms with Crippen LogP contribution in [0.4, 0.5) is 11.4 Å². The van der Waals surface area contributed by atoms with Gasteiger partial charge in [0.1, 0.15) is 18.3 Å². The van der Waals surface area contributed by atoms with Crippen molar-refractivity contribution in [2.24, 2.45) is 5.92 Å². The molecule has 2 heterocycles. The zero-order valence-electron chi connectivity index (χ0n) is 13.8. The van der Waals surface area contributed by atoms with E-state index in [2.05, 4.69) is 10.1 Å². The maximum absolute atomic E-state index is 11.7. The first kappa shape index (κ1) is 17.3. The van der Waals surface area contributed by atoms with Gasteiger partial charge in [-0.05, 0) is 30.9 Å². The quantitative estimate of drug-likeness (QED) is 0.583. The molecule has 1 aromatic carbocycles. The normalized spacial score (nSPS) is 18.3. The monoisotopic (exact) mass is 365 g/mol. The third kappa shape index (κ3) is 3.95. The van der Waals surface area contributed by atoms with E-state index >= 15 is 0 Å². The molecule has 0 bridgehead atoms. The van der Waals surface area contributed by atoms with E-state index in [4.69, 9.17) is 0 Å². The molecule has 25 heavy (non-hydrogen) atoms. The minimum Gasteiger partial charge on any atom is -0.366 e. The number of aromatic nitrogens is 3. The molecule has 1 fully saturated rings. The standard InChI is InChI=1S/C15H19N5O4S/c1-25(23,24)13-4-5-14(15(7-13)20(21)22)18-6-2-3-12(8-18)9-19-11-16-10-17-19/h4-5,7,10-12H,2-3,6,8-9H2,1H3. The molecule has 0 radical (unpaired) electrons. The van der Waals surface area contributed by atoms with Gasteiger partial charge in [0.25, 0.3) is 5.69 Å². The van der Waals surface area contributed by atoms with E-state index in [9.17, 15) is 18.5 Å². The highest BCUT2D eigenvalue weighted by Gasteiger charge is 2.27. The van der Waals surface area contributed by atoms with Crippen molar-refractivity contribution in [2.45, 2.75) is 24.3 Å². The number of nitro groups is 1. The van der Waals surface area contributed by atoms with Crippen molar-refractivity contribution in [3.8, 4) is 0 Å². The Labute approximate surface area is 145 Å². The van der Waals surface area contributed by atoms with Crippen LogP contribution < -0.4 is 4.90 Å². The average molecular weight is 365 g/mol. The number of benzene rings is 1. The molecule has 2 aromatic rings. The van der Waals surface area contributed by atoms with E-state index < -0.39 is 14.8 Å². The Morgan fingerprint density at radius 3 is 2.84 bits per heavy atom. The molecule has 0 aliphatic carbocycles. The summed E-state index contributed by atoms with van der Waals surface area (Å²) in [5.41, 5.74) is 0.282. The minimum atomic E-state index is -3.49. The summed E-state index contributed by atoms with van der Waals surface area (Å²) in [6.07, 6.45) is 6.09. The lowest BCUT2D eigenvalue weighted by molar-refractivity contribution is -0.384. The van der Waals surface area contributed by atoms with E-state index in [1.807, 2.05) is 4.90 Å². The SMILES string of the molecule is CS(=O)(=O)c1ccc(N2CCCC(Cn3cncn3)C2)c([N+](=O)[O-])c1. The minimum absolute atomic E-state index is 0.0425. The fourth-order valence-corrected chi connectivity index (χ4v) is 3.81. The molecular weight excluding hydrogens is 346 g/mol. The highest BCUT2D eigenvalue weighted by molar-refractivity contribution is 7.90. The second-order valence-electron chi connectivity index (χ2n) is 6.25. The second-order valence-corrected chi connectivity index (χ2v) is 8.27. The number of nitrogens with zero attached hydrogens (tertiary/aromatic N) is 5. The summed E-state index contributed by atoms with van der Waals surface area (Å²) in [5, 5.41) is 15.5. The molecule has 9 nitrogen and oxygen atoms in total. The highest BCUT2D eigenvalue weighted by Crippen LogP contribution is 2.33. The molecule has 1 saturated heterocycles. The van der Waals surface area contributed by atoms with Crippen molar-refractivity contribution in [3.63, 3.8) is 0 Å². The first-order chi connectivity index (χ1) is 11.8. The van der Waals surface area contributed by atoms with E-state index in [1.54, 1.807) is 11.0 Å². The molecule has 1 aromatic heterocycles. The molecule has 0 amide bonds. The van der Waals surface area contributed by atoms with Crippen LogP contribution >= 0.6 is 0 Å². The number of nitro benzene ring substituents is 1. The Kier molecular flexibility index (Phi) is 4.71.